The average Bonchev–Trinajstić information content (AvgIpc) is 2.62. The van der Waals surface area contributed by atoms with Crippen molar-refractivity contribution in [2.75, 3.05) is 5.32 Å². The van der Waals surface area contributed by atoms with Crippen LogP contribution in [0.15, 0.2) is 42.5 Å². The van der Waals surface area contributed by atoms with Gasteiger partial charge in [0.25, 0.3) is 5.91 Å². The van der Waals surface area contributed by atoms with E-state index in [9.17, 15) is 4.79 Å². The van der Waals surface area contributed by atoms with Crippen LogP contribution in [0.25, 0.3) is 0 Å². The SMILES string of the molecule is CC(C)c1ccccc1NC(=O)[C@@H](C)Oc1cccc2c1CCCC2. The summed E-state index contributed by atoms with van der Waals surface area (Å²) in [7, 11) is 0. The first-order chi connectivity index (χ1) is 12.1. The molecule has 0 spiro atoms. The van der Waals surface area contributed by atoms with Crippen molar-refractivity contribution in [1.29, 1.82) is 0 Å². The van der Waals surface area contributed by atoms with Crippen LogP contribution < -0.4 is 10.1 Å². The van der Waals surface area contributed by atoms with E-state index >= 15 is 0 Å². The summed E-state index contributed by atoms with van der Waals surface area (Å²) < 4.78 is 6.04. The lowest BCUT2D eigenvalue weighted by Gasteiger charge is -2.22. The zero-order chi connectivity index (χ0) is 17.8. The highest BCUT2D eigenvalue weighted by atomic mass is 16.5. The van der Waals surface area contributed by atoms with E-state index in [0.29, 0.717) is 5.92 Å². The molecule has 2 aromatic carbocycles. The average molecular weight is 337 g/mol. The minimum Gasteiger partial charge on any atom is -0.481 e. The van der Waals surface area contributed by atoms with Gasteiger partial charge in [0, 0.05) is 5.69 Å². The fourth-order valence-electron chi connectivity index (χ4n) is 3.45. The van der Waals surface area contributed by atoms with E-state index in [1.165, 1.54) is 24.0 Å². The molecule has 0 aliphatic heterocycles. The Morgan fingerprint density at radius 3 is 2.56 bits per heavy atom. The van der Waals surface area contributed by atoms with Gasteiger partial charge < -0.3 is 10.1 Å². The minimum absolute atomic E-state index is 0.110. The number of carbonyl (C=O) groups excluding carboxylic acids is 1. The summed E-state index contributed by atoms with van der Waals surface area (Å²) in [6.45, 7) is 6.07. The molecule has 0 fully saturated rings. The number of nitrogens with one attached hydrogen (secondary N) is 1. The molecule has 3 heteroatoms. The highest BCUT2D eigenvalue weighted by Gasteiger charge is 2.20. The third-order valence-electron chi connectivity index (χ3n) is 4.87. The number of rotatable bonds is 5. The predicted octanol–water partition coefficient (Wildman–Crippen LogP) is 5.09. The second-order valence-electron chi connectivity index (χ2n) is 7.09. The zero-order valence-electron chi connectivity index (χ0n) is 15.3. The lowest BCUT2D eigenvalue weighted by molar-refractivity contribution is -0.122. The summed E-state index contributed by atoms with van der Waals surface area (Å²) in [4.78, 5) is 12.6. The number of amides is 1. The second kappa shape index (κ2) is 7.73. The molecule has 3 nitrogen and oxygen atoms in total. The number of hydrogen-bond donors (Lipinski definition) is 1. The van der Waals surface area contributed by atoms with Crippen molar-refractivity contribution in [3.63, 3.8) is 0 Å². The summed E-state index contributed by atoms with van der Waals surface area (Å²) in [5.41, 5.74) is 4.64. The number of hydrogen-bond acceptors (Lipinski definition) is 2. The van der Waals surface area contributed by atoms with Crippen molar-refractivity contribution in [3.05, 3.63) is 59.2 Å². The lowest BCUT2D eigenvalue weighted by Crippen LogP contribution is -2.31. The quantitative estimate of drug-likeness (QED) is 0.825. The van der Waals surface area contributed by atoms with Crippen LogP contribution in [-0.4, -0.2) is 12.0 Å². The van der Waals surface area contributed by atoms with Gasteiger partial charge in [-0.1, -0.05) is 44.2 Å². The van der Waals surface area contributed by atoms with Crippen molar-refractivity contribution < 1.29 is 9.53 Å². The number of anilines is 1. The highest BCUT2D eigenvalue weighted by molar-refractivity contribution is 5.94. The van der Waals surface area contributed by atoms with Gasteiger partial charge in [0.05, 0.1) is 0 Å². The van der Waals surface area contributed by atoms with Crippen molar-refractivity contribution in [2.45, 2.75) is 58.5 Å². The van der Waals surface area contributed by atoms with Gasteiger partial charge in [0.1, 0.15) is 5.75 Å². The van der Waals surface area contributed by atoms with Crippen LogP contribution in [0, 0.1) is 0 Å². The molecule has 132 valence electrons. The maximum Gasteiger partial charge on any atom is 0.265 e. The van der Waals surface area contributed by atoms with Crippen LogP contribution in [-0.2, 0) is 17.6 Å². The Morgan fingerprint density at radius 1 is 1.00 bits per heavy atom. The summed E-state index contributed by atoms with van der Waals surface area (Å²) in [6.07, 6.45) is 4.03. The van der Waals surface area contributed by atoms with Gasteiger partial charge in [-0.05, 0) is 67.3 Å². The van der Waals surface area contributed by atoms with Gasteiger partial charge >= 0.3 is 0 Å². The first-order valence-electron chi connectivity index (χ1n) is 9.23. The van der Waals surface area contributed by atoms with E-state index in [4.69, 9.17) is 4.74 Å². The minimum atomic E-state index is -0.534. The molecule has 0 bridgehead atoms. The Kier molecular flexibility index (Phi) is 5.42. The highest BCUT2D eigenvalue weighted by Crippen LogP contribution is 2.30. The Hall–Kier alpha value is -2.29. The molecule has 0 radical (unpaired) electrons. The molecular formula is C22H27NO2. The van der Waals surface area contributed by atoms with Crippen molar-refractivity contribution in [1.82, 2.24) is 0 Å². The van der Waals surface area contributed by atoms with E-state index in [2.05, 4.69) is 31.3 Å². The van der Waals surface area contributed by atoms with Gasteiger partial charge in [-0.15, -0.1) is 0 Å². The summed E-state index contributed by atoms with van der Waals surface area (Å²) in [6, 6.07) is 14.1. The van der Waals surface area contributed by atoms with E-state index in [1.807, 2.05) is 37.3 Å². The molecule has 1 N–H and O–H groups in total. The fraction of sp³-hybridized carbons (Fsp3) is 0.409. The predicted molar refractivity (Wildman–Crippen MR) is 102 cm³/mol. The Bertz CT molecular complexity index is 751. The van der Waals surface area contributed by atoms with Crippen LogP contribution in [0.3, 0.4) is 0 Å². The van der Waals surface area contributed by atoms with Crippen LogP contribution in [0.1, 0.15) is 56.2 Å². The number of aryl methyl sites for hydroxylation is 1. The number of para-hydroxylation sites is 1. The molecule has 1 atom stereocenters. The molecule has 0 saturated carbocycles. The lowest BCUT2D eigenvalue weighted by atomic mass is 9.91. The van der Waals surface area contributed by atoms with Crippen molar-refractivity contribution in [2.24, 2.45) is 0 Å². The molecule has 1 amide bonds. The zero-order valence-corrected chi connectivity index (χ0v) is 15.3. The maximum absolute atomic E-state index is 12.6. The third kappa shape index (κ3) is 4.04. The molecule has 3 rings (SSSR count). The first-order valence-corrected chi connectivity index (χ1v) is 9.23. The third-order valence-corrected chi connectivity index (χ3v) is 4.87. The molecule has 0 heterocycles. The normalized spacial score (nSPS) is 14.7. The van der Waals surface area contributed by atoms with E-state index in [0.717, 1.165) is 29.8 Å². The number of ether oxygens (including phenoxy) is 1. The van der Waals surface area contributed by atoms with E-state index < -0.39 is 6.10 Å². The van der Waals surface area contributed by atoms with Crippen LogP contribution in [0.5, 0.6) is 5.75 Å². The molecule has 0 aromatic heterocycles. The van der Waals surface area contributed by atoms with E-state index in [-0.39, 0.29) is 5.91 Å². The maximum atomic E-state index is 12.6. The van der Waals surface area contributed by atoms with Crippen LogP contribution in [0.4, 0.5) is 5.69 Å². The van der Waals surface area contributed by atoms with Gasteiger partial charge in [0.15, 0.2) is 6.10 Å². The molecule has 1 aliphatic rings. The standard InChI is InChI=1S/C22H27NO2/c1-15(2)18-11-6-7-13-20(18)23-22(24)16(3)25-21-14-8-10-17-9-4-5-12-19(17)21/h6-8,10-11,13-16H,4-5,9,12H2,1-3H3,(H,23,24)/t16-/m1/s1. The number of carbonyl (C=O) groups is 1. The van der Waals surface area contributed by atoms with Crippen LogP contribution >= 0.6 is 0 Å². The molecule has 2 aromatic rings. The molecular weight excluding hydrogens is 310 g/mol. The molecule has 0 saturated heterocycles. The Balaban J connectivity index is 1.72. The topological polar surface area (TPSA) is 38.3 Å². The second-order valence-corrected chi connectivity index (χ2v) is 7.09. The smallest absolute Gasteiger partial charge is 0.265 e. The van der Waals surface area contributed by atoms with Crippen LogP contribution in [0.2, 0.25) is 0 Å². The first kappa shape index (κ1) is 17.5. The largest absolute Gasteiger partial charge is 0.481 e. The molecule has 0 unspecified atom stereocenters. The fourth-order valence-corrected chi connectivity index (χ4v) is 3.45. The Labute approximate surface area is 150 Å². The Morgan fingerprint density at radius 2 is 1.76 bits per heavy atom. The van der Waals surface area contributed by atoms with Crippen molar-refractivity contribution >= 4 is 11.6 Å². The summed E-state index contributed by atoms with van der Waals surface area (Å²) in [5.74, 6) is 1.10. The van der Waals surface area contributed by atoms with Gasteiger partial charge in [0.2, 0.25) is 0 Å². The van der Waals surface area contributed by atoms with Crippen molar-refractivity contribution in [3.8, 4) is 5.75 Å². The molecule has 1 aliphatic carbocycles. The van der Waals surface area contributed by atoms with Gasteiger partial charge in [-0.2, -0.15) is 0 Å². The number of benzene rings is 2. The monoisotopic (exact) mass is 337 g/mol. The van der Waals surface area contributed by atoms with Gasteiger partial charge in [-0.3, -0.25) is 4.79 Å². The van der Waals surface area contributed by atoms with E-state index in [1.54, 1.807) is 0 Å². The molecule has 25 heavy (non-hydrogen) atoms. The number of fused-ring (bicyclic) bond motifs is 1. The van der Waals surface area contributed by atoms with Gasteiger partial charge in [-0.25, -0.2) is 0 Å². The summed E-state index contributed by atoms with van der Waals surface area (Å²) in [5, 5.41) is 3.03. The summed E-state index contributed by atoms with van der Waals surface area (Å²) >= 11 is 0.